The van der Waals surface area contributed by atoms with Gasteiger partial charge in [0, 0.05) is 10.6 Å². The van der Waals surface area contributed by atoms with Crippen molar-refractivity contribution in [1.82, 2.24) is 0 Å². The van der Waals surface area contributed by atoms with Gasteiger partial charge in [-0.05, 0) is 36.8 Å². The van der Waals surface area contributed by atoms with E-state index in [1.54, 1.807) is 6.07 Å². The van der Waals surface area contributed by atoms with Crippen LogP contribution in [0.4, 0.5) is 5.69 Å². The summed E-state index contributed by atoms with van der Waals surface area (Å²) in [7, 11) is 0. The van der Waals surface area contributed by atoms with Gasteiger partial charge in [0.2, 0.25) is 5.71 Å². The van der Waals surface area contributed by atoms with Gasteiger partial charge >= 0.3 is 0 Å². The second kappa shape index (κ2) is 5.70. The molecule has 0 spiro atoms. The summed E-state index contributed by atoms with van der Waals surface area (Å²) < 4.78 is 1.01. The summed E-state index contributed by atoms with van der Waals surface area (Å²) in [6.45, 7) is 2.29. The molecule has 0 atom stereocenters. The van der Waals surface area contributed by atoms with Crippen LogP contribution < -0.4 is 0 Å². The van der Waals surface area contributed by atoms with Crippen LogP contribution >= 0.6 is 11.6 Å². The van der Waals surface area contributed by atoms with Crippen LogP contribution in [0.3, 0.4) is 0 Å². The van der Waals surface area contributed by atoms with E-state index >= 15 is 0 Å². The van der Waals surface area contributed by atoms with Crippen molar-refractivity contribution >= 4 is 28.7 Å². The summed E-state index contributed by atoms with van der Waals surface area (Å²) in [5, 5.41) is 13.2. The fraction of sp³-hybridized carbons (Fsp3) is 0.176. The summed E-state index contributed by atoms with van der Waals surface area (Å²) >= 11 is 6.12. The molecule has 3 rings (SSSR count). The van der Waals surface area contributed by atoms with Crippen LogP contribution in [0.2, 0.25) is 5.02 Å². The third kappa shape index (κ3) is 2.69. The molecule has 0 aromatic heterocycles. The Morgan fingerprint density at radius 3 is 2.67 bits per heavy atom. The maximum absolute atomic E-state index is 12.6. The van der Waals surface area contributed by atoms with E-state index in [1.165, 1.54) is 0 Å². The second-order valence-corrected chi connectivity index (χ2v) is 5.38. The first kappa shape index (κ1) is 13.8. The van der Waals surface area contributed by atoms with Gasteiger partial charge in [-0.3, -0.25) is 4.99 Å². The topological polar surface area (TPSA) is 38.4 Å². The van der Waals surface area contributed by atoms with Gasteiger partial charge in [-0.15, -0.1) is 0 Å². The van der Waals surface area contributed by atoms with Crippen LogP contribution in [0.25, 0.3) is 0 Å². The summed E-state index contributed by atoms with van der Waals surface area (Å²) in [4.78, 5) is 4.62. The third-order valence-electron chi connectivity index (χ3n) is 3.52. The quantitative estimate of drug-likeness (QED) is 0.605. The van der Waals surface area contributed by atoms with E-state index in [4.69, 9.17) is 11.6 Å². The molecule has 2 aromatic carbocycles. The standard InChI is InChI=1S/C17H15ClN2O/c1-2-14-11-20(21)17(12-6-4-3-5-7-12)15-10-13(18)8-9-16(15)19-14/h3-10H,2,11H2,1H3. The van der Waals surface area contributed by atoms with Crippen molar-refractivity contribution in [2.45, 2.75) is 13.3 Å². The maximum Gasteiger partial charge on any atom is 0.228 e. The zero-order valence-electron chi connectivity index (χ0n) is 11.7. The molecule has 106 valence electrons. The molecule has 0 saturated heterocycles. The van der Waals surface area contributed by atoms with Crippen molar-refractivity contribution < 1.29 is 4.74 Å². The first-order valence-corrected chi connectivity index (χ1v) is 7.30. The summed E-state index contributed by atoms with van der Waals surface area (Å²) in [6, 6.07) is 15.1. The van der Waals surface area contributed by atoms with Crippen molar-refractivity contribution in [3.8, 4) is 0 Å². The van der Waals surface area contributed by atoms with E-state index in [9.17, 15) is 5.21 Å². The summed E-state index contributed by atoms with van der Waals surface area (Å²) in [5.74, 6) is 0. The zero-order chi connectivity index (χ0) is 14.8. The predicted molar refractivity (Wildman–Crippen MR) is 87.0 cm³/mol. The van der Waals surface area contributed by atoms with Crippen LogP contribution in [0.5, 0.6) is 0 Å². The molecule has 0 saturated carbocycles. The van der Waals surface area contributed by atoms with Crippen molar-refractivity contribution in [2.75, 3.05) is 6.54 Å². The number of fused-ring (bicyclic) bond motifs is 1. The molecule has 4 heteroatoms. The van der Waals surface area contributed by atoms with Gasteiger partial charge in [0.05, 0.1) is 17.0 Å². The van der Waals surface area contributed by atoms with E-state index < -0.39 is 0 Å². The van der Waals surface area contributed by atoms with Gasteiger partial charge in [0.15, 0.2) is 6.54 Å². The van der Waals surface area contributed by atoms with E-state index in [-0.39, 0.29) is 6.54 Å². The van der Waals surface area contributed by atoms with Crippen molar-refractivity contribution in [3.63, 3.8) is 0 Å². The molecule has 1 heterocycles. The minimum Gasteiger partial charge on any atom is -0.623 e. The van der Waals surface area contributed by atoms with Crippen molar-refractivity contribution in [3.05, 3.63) is 69.9 Å². The van der Waals surface area contributed by atoms with E-state index in [0.717, 1.165) is 33.7 Å². The number of hydroxylamine groups is 1. The Labute approximate surface area is 128 Å². The number of hydrogen-bond acceptors (Lipinski definition) is 2. The average Bonchev–Trinajstić information content (AvgIpc) is 2.63. The molecule has 3 nitrogen and oxygen atoms in total. The fourth-order valence-corrected chi connectivity index (χ4v) is 2.64. The third-order valence-corrected chi connectivity index (χ3v) is 3.76. The van der Waals surface area contributed by atoms with Gasteiger partial charge in [-0.1, -0.05) is 36.7 Å². The number of benzene rings is 2. The van der Waals surface area contributed by atoms with Gasteiger partial charge in [-0.25, -0.2) is 0 Å². The highest BCUT2D eigenvalue weighted by molar-refractivity contribution is 6.31. The first-order valence-electron chi connectivity index (χ1n) is 6.92. The van der Waals surface area contributed by atoms with E-state index in [2.05, 4.69) is 4.99 Å². The molecular weight excluding hydrogens is 284 g/mol. The van der Waals surface area contributed by atoms with Crippen LogP contribution in [-0.4, -0.2) is 22.7 Å². The molecule has 0 aliphatic carbocycles. The predicted octanol–water partition coefficient (Wildman–Crippen LogP) is 4.18. The number of halogens is 1. The number of aliphatic imine (C=N–C) groups is 1. The number of hydrogen-bond donors (Lipinski definition) is 0. The molecule has 0 N–H and O–H groups in total. The summed E-state index contributed by atoms with van der Waals surface area (Å²) in [6.07, 6.45) is 0.753. The number of rotatable bonds is 2. The van der Waals surface area contributed by atoms with Gasteiger partial charge in [0.1, 0.15) is 0 Å². The number of nitrogens with zero attached hydrogens (tertiary/aromatic N) is 2. The zero-order valence-corrected chi connectivity index (χ0v) is 12.5. The molecule has 1 aliphatic rings. The molecule has 0 radical (unpaired) electrons. The van der Waals surface area contributed by atoms with Gasteiger partial charge in [0.25, 0.3) is 0 Å². The monoisotopic (exact) mass is 298 g/mol. The van der Waals surface area contributed by atoms with Crippen LogP contribution in [0.1, 0.15) is 24.5 Å². The molecule has 2 aromatic rings. The van der Waals surface area contributed by atoms with Crippen molar-refractivity contribution in [1.29, 1.82) is 0 Å². The average molecular weight is 299 g/mol. The Morgan fingerprint density at radius 2 is 1.95 bits per heavy atom. The Morgan fingerprint density at radius 1 is 1.19 bits per heavy atom. The highest BCUT2D eigenvalue weighted by Crippen LogP contribution is 2.28. The molecular formula is C17H15ClN2O. The Bertz CT molecular complexity index is 736. The highest BCUT2D eigenvalue weighted by atomic mass is 35.5. The van der Waals surface area contributed by atoms with Crippen molar-refractivity contribution in [2.24, 2.45) is 4.99 Å². The summed E-state index contributed by atoms with van der Waals surface area (Å²) in [5.41, 5.74) is 3.96. The Hall–Kier alpha value is -2.13. The molecule has 0 bridgehead atoms. The second-order valence-electron chi connectivity index (χ2n) is 4.94. The SMILES string of the molecule is CCC1=Nc2ccc(Cl)cc2C(c2ccccc2)=[N+]([O-])C1. The minimum atomic E-state index is 0.285. The molecule has 0 unspecified atom stereocenters. The fourth-order valence-electron chi connectivity index (χ4n) is 2.47. The highest BCUT2D eigenvalue weighted by Gasteiger charge is 2.23. The largest absolute Gasteiger partial charge is 0.623 e. The van der Waals surface area contributed by atoms with E-state index in [0.29, 0.717) is 10.7 Å². The molecule has 0 fully saturated rings. The lowest BCUT2D eigenvalue weighted by Gasteiger charge is -2.10. The Kier molecular flexibility index (Phi) is 3.76. The van der Waals surface area contributed by atoms with Gasteiger partial charge < -0.3 is 5.21 Å². The van der Waals surface area contributed by atoms with Gasteiger partial charge in [-0.2, -0.15) is 4.74 Å². The molecule has 0 amide bonds. The Balaban J connectivity index is 2.27. The molecule has 1 aliphatic heterocycles. The normalized spacial score (nSPS) is 14.5. The minimum absolute atomic E-state index is 0.285. The lowest BCUT2D eigenvalue weighted by molar-refractivity contribution is -0.439. The first-order chi connectivity index (χ1) is 10.2. The van der Waals surface area contributed by atoms with E-state index in [1.807, 2.05) is 49.4 Å². The van der Waals surface area contributed by atoms with Crippen LogP contribution in [0, 0.1) is 5.21 Å². The van der Waals surface area contributed by atoms with Crippen LogP contribution in [-0.2, 0) is 0 Å². The smallest absolute Gasteiger partial charge is 0.228 e. The van der Waals surface area contributed by atoms with Crippen LogP contribution in [0.15, 0.2) is 53.5 Å². The lowest BCUT2D eigenvalue weighted by atomic mass is 10.0. The molecule has 21 heavy (non-hydrogen) atoms. The maximum atomic E-state index is 12.6. The lowest BCUT2D eigenvalue weighted by Crippen LogP contribution is -2.22.